The fraction of sp³-hybridized carbons (Fsp3) is 0.943. The number of aliphatic hydroxyl groups excluding tert-OH is 1. The van der Waals surface area contributed by atoms with E-state index in [0.717, 1.165) is 38.5 Å². The third-order valence-corrected chi connectivity index (χ3v) is 13.5. The highest BCUT2D eigenvalue weighted by atomic mass is 31.2. The number of rotatable bonds is 50. The first-order valence-electron chi connectivity index (χ1n) is 27.1. The van der Waals surface area contributed by atoms with E-state index < -0.39 is 20.0 Å². The number of nitrogens with zero attached hydrogens (tertiary/aromatic N) is 1. The minimum atomic E-state index is -4.58. The zero-order valence-corrected chi connectivity index (χ0v) is 43.0. The van der Waals surface area contributed by atoms with Gasteiger partial charge in [-0.15, -0.1) is 0 Å². The zero-order valence-electron chi connectivity index (χ0n) is 42.1. The number of hydrogen-bond acceptors (Lipinski definition) is 6. The minimum Gasteiger partial charge on any atom is -0.756 e. The standard InChI is InChI=1S/C53H107N2O6P/c1-6-8-10-12-14-16-18-20-21-22-23-24-25-26-27-28-29-30-31-32-33-34-35-37-39-41-43-45-47-53(57)54-51(50-61-62(58,59)60-49-48-55(3,4)5)52(56)46-44-42-40-38-36-19-17-15-13-11-9-7-2/h44,46,51-52,56H,6-43,45,47-50H2,1-5H3,(H-,54,57,58,59)/b46-44+/t51-,52+/m0/s1. The van der Waals surface area contributed by atoms with Crippen molar-refractivity contribution in [1.82, 2.24) is 5.32 Å². The summed E-state index contributed by atoms with van der Waals surface area (Å²) in [5.41, 5.74) is 0. The van der Waals surface area contributed by atoms with Crippen LogP contribution in [0.1, 0.15) is 271 Å². The van der Waals surface area contributed by atoms with E-state index >= 15 is 0 Å². The number of amides is 1. The molecule has 2 N–H and O–H groups in total. The molecule has 0 aromatic rings. The number of nitrogens with one attached hydrogen (secondary N) is 1. The van der Waals surface area contributed by atoms with Gasteiger partial charge in [0, 0.05) is 6.42 Å². The summed E-state index contributed by atoms with van der Waals surface area (Å²) in [4.78, 5) is 25.4. The lowest BCUT2D eigenvalue weighted by atomic mass is 10.0. The summed E-state index contributed by atoms with van der Waals surface area (Å²) in [7, 11) is 1.27. The number of hydrogen-bond donors (Lipinski definition) is 2. The van der Waals surface area contributed by atoms with Crippen LogP contribution in [0.15, 0.2) is 12.2 Å². The number of allylic oxidation sites excluding steroid dienone is 1. The smallest absolute Gasteiger partial charge is 0.268 e. The molecule has 0 spiro atoms. The lowest BCUT2D eigenvalue weighted by Gasteiger charge is -2.29. The summed E-state index contributed by atoms with van der Waals surface area (Å²) >= 11 is 0. The Morgan fingerprint density at radius 3 is 1.21 bits per heavy atom. The van der Waals surface area contributed by atoms with E-state index in [0.29, 0.717) is 17.4 Å². The third kappa shape index (κ3) is 47.2. The summed E-state index contributed by atoms with van der Waals surface area (Å²) in [5, 5.41) is 13.8. The van der Waals surface area contributed by atoms with Gasteiger partial charge in [-0.3, -0.25) is 9.36 Å². The largest absolute Gasteiger partial charge is 0.756 e. The molecule has 0 saturated heterocycles. The highest BCUT2D eigenvalue weighted by molar-refractivity contribution is 7.45. The number of phosphoric acid groups is 1. The maximum Gasteiger partial charge on any atom is 0.268 e. The Kier molecular flexibility index (Phi) is 44.8. The normalized spacial score (nSPS) is 14.1. The van der Waals surface area contributed by atoms with Crippen LogP contribution in [0.4, 0.5) is 0 Å². The maximum atomic E-state index is 12.9. The van der Waals surface area contributed by atoms with Crippen LogP contribution >= 0.6 is 7.82 Å². The highest BCUT2D eigenvalue weighted by Gasteiger charge is 2.23. The van der Waals surface area contributed by atoms with Crippen molar-refractivity contribution >= 4 is 13.7 Å². The quantitative estimate of drug-likeness (QED) is 0.0272. The molecule has 9 heteroatoms. The average molecular weight is 899 g/mol. The molecule has 0 aromatic carbocycles. The first-order chi connectivity index (χ1) is 30.0. The molecule has 0 aliphatic carbocycles. The Hall–Kier alpha value is -0.760. The molecule has 1 unspecified atom stereocenters. The lowest BCUT2D eigenvalue weighted by molar-refractivity contribution is -0.870. The van der Waals surface area contributed by atoms with Gasteiger partial charge in [0.15, 0.2) is 0 Å². The molecular weight excluding hydrogens is 792 g/mol. The Morgan fingerprint density at radius 1 is 0.548 bits per heavy atom. The molecule has 0 radical (unpaired) electrons. The molecule has 0 aliphatic rings. The Bertz CT molecular complexity index is 1020. The first kappa shape index (κ1) is 61.2. The van der Waals surface area contributed by atoms with Crippen molar-refractivity contribution in [3.8, 4) is 0 Å². The monoisotopic (exact) mass is 899 g/mol. The van der Waals surface area contributed by atoms with E-state index in [1.165, 1.54) is 212 Å². The van der Waals surface area contributed by atoms with Crippen LogP contribution < -0.4 is 10.2 Å². The first-order valence-corrected chi connectivity index (χ1v) is 28.5. The van der Waals surface area contributed by atoms with Gasteiger partial charge < -0.3 is 28.8 Å². The zero-order chi connectivity index (χ0) is 45.7. The number of phosphoric ester groups is 1. The molecule has 0 fully saturated rings. The van der Waals surface area contributed by atoms with E-state index in [1.54, 1.807) is 6.08 Å². The molecule has 370 valence electrons. The summed E-state index contributed by atoms with van der Waals surface area (Å²) in [5.74, 6) is -0.192. The van der Waals surface area contributed by atoms with Crippen LogP contribution in [0, 0.1) is 0 Å². The van der Waals surface area contributed by atoms with Crippen LogP contribution in [0.3, 0.4) is 0 Å². The van der Waals surface area contributed by atoms with E-state index in [4.69, 9.17) is 9.05 Å². The van der Waals surface area contributed by atoms with Gasteiger partial charge in [0.05, 0.1) is 39.9 Å². The SMILES string of the molecule is CCCCCCCCCCCC/C=C/[C@@H](O)[C@H](COP(=O)([O-])OCC[N+](C)(C)C)NC(=O)CCCCCCCCCCCCCCCCCCCCCCCCCCCCCC. The van der Waals surface area contributed by atoms with Gasteiger partial charge in [0.2, 0.25) is 5.91 Å². The number of quaternary nitrogens is 1. The van der Waals surface area contributed by atoms with Crippen LogP contribution in [0.25, 0.3) is 0 Å². The van der Waals surface area contributed by atoms with Crippen molar-refractivity contribution in [1.29, 1.82) is 0 Å². The fourth-order valence-corrected chi connectivity index (χ4v) is 8.94. The molecule has 0 aromatic heterocycles. The van der Waals surface area contributed by atoms with Crippen LogP contribution in [0.5, 0.6) is 0 Å². The van der Waals surface area contributed by atoms with E-state index in [9.17, 15) is 19.4 Å². The van der Waals surface area contributed by atoms with Crippen LogP contribution in [-0.2, 0) is 18.4 Å². The molecule has 62 heavy (non-hydrogen) atoms. The van der Waals surface area contributed by atoms with Crippen LogP contribution in [-0.4, -0.2) is 68.5 Å². The Morgan fingerprint density at radius 2 is 0.871 bits per heavy atom. The van der Waals surface area contributed by atoms with Crippen molar-refractivity contribution in [2.24, 2.45) is 0 Å². The Labute approximate surface area is 386 Å². The van der Waals surface area contributed by atoms with Crippen molar-refractivity contribution in [2.75, 3.05) is 40.9 Å². The second-order valence-electron chi connectivity index (χ2n) is 19.9. The van der Waals surface area contributed by atoms with Crippen molar-refractivity contribution in [2.45, 2.75) is 283 Å². The number of carbonyl (C=O) groups excluding carboxylic acids is 1. The van der Waals surface area contributed by atoms with Gasteiger partial charge in [-0.05, 0) is 19.3 Å². The van der Waals surface area contributed by atoms with Gasteiger partial charge in [-0.2, -0.15) is 0 Å². The number of likely N-dealkylation sites (N-methyl/N-ethyl adjacent to an activating group) is 1. The molecular formula is C53H107N2O6P. The lowest BCUT2D eigenvalue weighted by Crippen LogP contribution is -2.45. The average Bonchev–Trinajstić information content (AvgIpc) is 3.23. The van der Waals surface area contributed by atoms with Gasteiger partial charge in [0.1, 0.15) is 13.2 Å². The molecule has 0 rings (SSSR count). The van der Waals surface area contributed by atoms with Crippen molar-refractivity contribution < 1.29 is 32.9 Å². The number of carbonyl (C=O) groups is 1. The maximum absolute atomic E-state index is 12.9. The predicted molar refractivity (Wildman–Crippen MR) is 266 cm³/mol. The second kappa shape index (κ2) is 45.4. The van der Waals surface area contributed by atoms with Gasteiger partial charge in [0.25, 0.3) is 7.82 Å². The third-order valence-electron chi connectivity index (χ3n) is 12.5. The summed E-state index contributed by atoms with van der Waals surface area (Å²) in [6.07, 6.45) is 54.3. The molecule has 0 bridgehead atoms. The molecule has 0 aliphatic heterocycles. The topological polar surface area (TPSA) is 108 Å². The number of aliphatic hydroxyl groups is 1. The fourth-order valence-electron chi connectivity index (χ4n) is 8.21. The molecule has 1 amide bonds. The summed E-state index contributed by atoms with van der Waals surface area (Å²) < 4.78 is 23.3. The summed E-state index contributed by atoms with van der Waals surface area (Å²) in [6, 6.07) is -0.880. The molecule has 0 saturated carbocycles. The molecule has 8 nitrogen and oxygen atoms in total. The van der Waals surface area contributed by atoms with Gasteiger partial charge >= 0.3 is 0 Å². The highest BCUT2D eigenvalue weighted by Crippen LogP contribution is 2.38. The summed E-state index contributed by atoms with van der Waals surface area (Å²) in [6.45, 7) is 4.67. The van der Waals surface area contributed by atoms with Gasteiger partial charge in [-0.25, -0.2) is 0 Å². The molecule has 0 heterocycles. The van der Waals surface area contributed by atoms with E-state index in [2.05, 4.69) is 19.2 Å². The second-order valence-corrected chi connectivity index (χ2v) is 21.4. The van der Waals surface area contributed by atoms with Crippen molar-refractivity contribution in [3.63, 3.8) is 0 Å². The predicted octanol–water partition coefficient (Wildman–Crippen LogP) is 15.2. The van der Waals surface area contributed by atoms with Gasteiger partial charge in [-0.1, -0.05) is 257 Å². The van der Waals surface area contributed by atoms with E-state index in [1.807, 2.05) is 27.2 Å². The Balaban J connectivity index is 4.05. The van der Waals surface area contributed by atoms with Crippen LogP contribution in [0.2, 0.25) is 0 Å². The number of unbranched alkanes of at least 4 members (excludes halogenated alkanes) is 37. The minimum absolute atomic E-state index is 0.00225. The van der Waals surface area contributed by atoms with Crippen molar-refractivity contribution in [3.05, 3.63) is 12.2 Å². The molecule has 3 atom stereocenters. The van der Waals surface area contributed by atoms with E-state index in [-0.39, 0.29) is 19.1 Å².